The van der Waals surface area contributed by atoms with E-state index in [-0.39, 0.29) is 18.0 Å². The first kappa shape index (κ1) is 12.8. The standard InChI is InChI=1S/C13H19N3O2/c1-18-12-4-2-3-11(16-12)13(17)15-10-7-5-9(14)6-8-10/h2-4,9-10H,5-8,14H2,1H3,(H,15,17). The van der Waals surface area contributed by atoms with E-state index < -0.39 is 0 Å². The number of ether oxygens (including phenoxy) is 1. The van der Waals surface area contributed by atoms with Crippen molar-refractivity contribution in [2.45, 2.75) is 37.8 Å². The highest BCUT2D eigenvalue weighted by molar-refractivity contribution is 5.92. The summed E-state index contributed by atoms with van der Waals surface area (Å²) in [6.07, 6.45) is 3.82. The third-order valence-corrected chi connectivity index (χ3v) is 3.27. The molecule has 1 aromatic rings. The highest BCUT2D eigenvalue weighted by atomic mass is 16.5. The molecule has 0 aliphatic heterocycles. The Hall–Kier alpha value is -1.62. The molecule has 0 aromatic carbocycles. The van der Waals surface area contributed by atoms with Crippen molar-refractivity contribution in [2.24, 2.45) is 5.73 Å². The van der Waals surface area contributed by atoms with Crippen molar-refractivity contribution in [3.05, 3.63) is 23.9 Å². The molecule has 0 unspecified atom stereocenters. The van der Waals surface area contributed by atoms with E-state index in [0.29, 0.717) is 11.6 Å². The second-order valence-electron chi connectivity index (χ2n) is 4.65. The van der Waals surface area contributed by atoms with E-state index in [1.54, 1.807) is 18.2 Å². The number of nitrogens with one attached hydrogen (secondary N) is 1. The number of hydrogen-bond donors (Lipinski definition) is 2. The molecule has 0 spiro atoms. The molecule has 1 aromatic heterocycles. The molecular weight excluding hydrogens is 230 g/mol. The van der Waals surface area contributed by atoms with Crippen molar-refractivity contribution in [1.29, 1.82) is 0 Å². The van der Waals surface area contributed by atoms with E-state index in [4.69, 9.17) is 10.5 Å². The molecule has 2 rings (SSSR count). The zero-order valence-corrected chi connectivity index (χ0v) is 10.6. The van der Waals surface area contributed by atoms with E-state index in [1.165, 1.54) is 7.11 Å². The van der Waals surface area contributed by atoms with Gasteiger partial charge in [0.05, 0.1) is 7.11 Å². The van der Waals surface area contributed by atoms with Gasteiger partial charge in [-0.3, -0.25) is 4.79 Å². The maximum Gasteiger partial charge on any atom is 0.270 e. The maximum absolute atomic E-state index is 12.0. The predicted octanol–water partition coefficient (Wildman–Crippen LogP) is 1.09. The molecule has 0 atom stereocenters. The fourth-order valence-corrected chi connectivity index (χ4v) is 2.18. The molecule has 0 radical (unpaired) electrons. The van der Waals surface area contributed by atoms with Gasteiger partial charge < -0.3 is 15.8 Å². The monoisotopic (exact) mass is 249 g/mol. The minimum atomic E-state index is -0.144. The molecule has 18 heavy (non-hydrogen) atoms. The Bertz CT molecular complexity index is 414. The van der Waals surface area contributed by atoms with Crippen LogP contribution in [0.3, 0.4) is 0 Å². The van der Waals surface area contributed by atoms with Gasteiger partial charge in [0.25, 0.3) is 5.91 Å². The van der Waals surface area contributed by atoms with Crippen LogP contribution in [0.25, 0.3) is 0 Å². The predicted molar refractivity (Wildman–Crippen MR) is 68.5 cm³/mol. The molecule has 3 N–H and O–H groups in total. The molecule has 5 heteroatoms. The topological polar surface area (TPSA) is 77.2 Å². The van der Waals surface area contributed by atoms with Gasteiger partial charge in [-0.1, -0.05) is 6.07 Å². The Morgan fingerprint density at radius 1 is 1.39 bits per heavy atom. The van der Waals surface area contributed by atoms with Gasteiger partial charge in [0, 0.05) is 18.2 Å². The average molecular weight is 249 g/mol. The number of nitrogens with two attached hydrogens (primary N) is 1. The first-order valence-corrected chi connectivity index (χ1v) is 6.26. The molecule has 1 aliphatic rings. The summed E-state index contributed by atoms with van der Waals surface area (Å²) < 4.78 is 5.00. The number of amides is 1. The zero-order chi connectivity index (χ0) is 13.0. The summed E-state index contributed by atoms with van der Waals surface area (Å²) in [6, 6.07) is 5.67. The van der Waals surface area contributed by atoms with E-state index in [0.717, 1.165) is 25.7 Å². The van der Waals surface area contributed by atoms with Crippen molar-refractivity contribution in [3.8, 4) is 5.88 Å². The first-order chi connectivity index (χ1) is 8.69. The molecule has 0 saturated heterocycles. The third-order valence-electron chi connectivity index (χ3n) is 3.27. The number of pyridine rings is 1. The Balaban J connectivity index is 1.94. The third kappa shape index (κ3) is 3.20. The summed E-state index contributed by atoms with van der Waals surface area (Å²) in [5.41, 5.74) is 6.23. The van der Waals surface area contributed by atoms with Gasteiger partial charge in [-0.05, 0) is 31.7 Å². The molecule has 1 saturated carbocycles. The lowest BCUT2D eigenvalue weighted by Crippen LogP contribution is -2.40. The van der Waals surface area contributed by atoms with Crippen LogP contribution in [0.4, 0.5) is 0 Å². The lowest BCUT2D eigenvalue weighted by molar-refractivity contribution is 0.0920. The van der Waals surface area contributed by atoms with Crippen molar-refractivity contribution in [1.82, 2.24) is 10.3 Å². The fourth-order valence-electron chi connectivity index (χ4n) is 2.18. The van der Waals surface area contributed by atoms with Gasteiger partial charge in [-0.25, -0.2) is 4.98 Å². The van der Waals surface area contributed by atoms with Crippen LogP contribution in [-0.4, -0.2) is 30.1 Å². The first-order valence-electron chi connectivity index (χ1n) is 6.26. The summed E-state index contributed by atoms with van der Waals surface area (Å²) in [7, 11) is 1.53. The van der Waals surface area contributed by atoms with Crippen LogP contribution >= 0.6 is 0 Å². The van der Waals surface area contributed by atoms with E-state index >= 15 is 0 Å². The fraction of sp³-hybridized carbons (Fsp3) is 0.538. The largest absolute Gasteiger partial charge is 0.481 e. The smallest absolute Gasteiger partial charge is 0.270 e. The molecule has 5 nitrogen and oxygen atoms in total. The molecule has 1 heterocycles. The van der Waals surface area contributed by atoms with Crippen molar-refractivity contribution < 1.29 is 9.53 Å². The highest BCUT2D eigenvalue weighted by Gasteiger charge is 2.21. The average Bonchev–Trinajstić information content (AvgIpc) is 2.41. The van der Waals surface area contributed by atoms with E-state index in [1.807, 2.05) is 0 Å². The summed E-state index contributed by atoms with van der Waals surface area (Å²) in [6.45, 7) is 0. The normalized spacial score (nSPS) is 23.4. The maximum atomic E-state index is 12.0. The number of rotatable bonds is 3. The molecular formula is C13H19N3O2. The van der Waals surface area contributed by atoms with Gasteiger partial charge in [0.1, 0.15) is 5.69 Å². The zero-order valence-electron chi connectivity index (χ0n) is 10.6. The molecule has 1 fully saturated rings. The van der Waals surface area contributed by atoms with Gasteiger partial charge in [-0.15, -0.1) is 0 Å². The van der Waals surface area contributed by atoms with E-state index in [2.05, 4.69) is 10.3 Å². The van der Waals surface area contributed by atoms with Gasteiger partial charge in [0.15, 0.2) is 0 Å². The lowest BCUT2D eigenvalue weighted by Gasteiger charge is -2.26. The van der Waals surface area contributed by atoms with Crippen LogP contribution in [0.2, 0.25) is 0 Å². The second kappa shape index (κ2) is 5.82. The quantitative estimate of drug-likeness (QED) is 0.840. The Morgan fingerprint density at radius 3 is 2.78 bits per heavy atom. The second-order valence-corrected chi connectivity index (χ2v) is 4.65. The summed E-state index contributed by atoms with van der Waals surface area (Å²) >= 11 is 0. The molecule has 0 bridgehead atoms. The van der Waals surface area contributed by atoms with Crippen LogP contribution in [-0.2, 0) is 0 Å². The van der Waals surface area contributed by atoms with Crippen molar-refractivity contribution >= 4 is 5.91 Å². The van der Waals surface area contributed by atoms with Gasteiger partial charge in [-0.2, -0.15) is 0 Å². The number of nitrogens with zero attached hydrogens (tertiary/aromatic N) is 1. The summed E-state index contributed by atoms with van der Waals surface area (Å²) in [4.78, 5) is 16.1. The minimum Gasteiger partial charge on any atom is -0.481 e. The van der Waals surface area contributed by atoms with Crippen LogP contribution in [0.1, 0.15) is 36.2 Å². The SMILES string of the molecule is COc1cccc(C(=O)NC2CCC(N)CC2)n1. The minimum absolute atomic E-state index is 0.144. The summed E-state index contributed by atoms with van der Waals surface area (Å²) in [5, 5.41) is 2.99. The molecule has 1 aliphatic carbocycles. The van der Waals surface area contributed by atoms with Crippen molar-refractivity contribution in [3.63, 3.8) is 0 Å². The number of aromatic nitrogens is 1. The Kier molecular flexibility index (Phi) is 4.15. The highest BCUT2D eigenvalue weighted by Crippen LogP contribution is 2.17. The Morgan fingerprint density at radius 2 is 2.11 bits per heavy atom. The number of carbonyl (C=O) groups is 1. The number of carbonyl (C=O) groups excluding carboxylic acids is 1. The van der Waals surface area contributed by atoms with Crippen molar-refractivity contribution in [2.75, 3.05) is 7.11 Å². The molecule has 1 amide bonds. The lowest BCUT2D eigenvalue weighted by atomic mass is 9.92. The summed E-state index contributed by atoms with van der Waals surface area (Å²) in [5.74, 6) is 0.308. The Labute approximate surface area is 107 Å². The number of methoxy groups -OCH3 is 1. The van der Waals surface area contributed by atoms with Crippen LogP contribution in [0.5, 0.6) is 5.88 Å². The number of hydrogen-bond acceptors (Lipinski definition) is 4. The van der Waals surface area contributed by atoms with Crippen LogP contribution < -0.4 is 15.8 Å². The van der Waals surface area contributed by atoms with Crippen LogP contribution in [0.15, 0.2) is 18.2 Å². The van der Waals surface area contributed by atoms with Gasteiger partial charge in [0.2, 0.25) is 5.88 Å². The van der Waals surface area contributed by atoms with Gasteiger partial charge >= 0.3 is 0 Å². The van der Waals surface area contributed by atoms with E-state index in [9.17, 15) is 4.79 Å². The van der Waals surface area contributed by atoms with Crippen LogP contribution in [0, 0.1) is 0 Å². The molecule has 98 valence electrons.